The number of rotatable bonds is 2. The summed E-state index contributed by atoms with van der Waals surface area (Å²) >= 11 is 0. The van der Waals surface area contributed by atoms with Crippen molar-refractivity contribution in [3.05, 3.63) is 34.7 Å². The summed E-state index contributed by atoms with van der Waals surface area (Å²) in [7, 11) is 3.83. The van der Waals surface area contributed by atoms with Crippen LogP contribution in [0.15, 0.2) is 29.2 Å². The van der Waals surface area contributed by atoms with E-state index in [1.54, 1.807) is 19.3 Å². The van der Waals surface area contributed by atoms with Crippen LogP contribution in [0.25, 0.3) is 11.3 Å². The maximum absolute atomic E-state index is 11.5. The molecule has 2 aromatic heterocycles. The Hall–Kier alpha value is -2.41. The molecule has 116 valence electrons. The number of nitrogens with two attached hydrogens (primary N) is 1. The van der Waals surface area contributed by atoms with Crippen LogP contribution in [-0.2, 0) is 7.05 Å². The number of likely N-dealkylation sites (N-methyl/N-ethyl adjacent to an activating group) is 1. The van der Waals surface area contributed by atoms with Gasteiger partial charge in [-0.1, -0.05) is 0 Å². The molecule has 1 aliphatic heterocycles. The summed E-state index contributed by atoms with van der Waals surface area (Å²) in [4.78, 5) is 24.7. The van der Waals surface area contributed by atoms with Gasteiger partial charge in [-0.3, -0.25) is 4.79 Å². The lowest BCUT2D eigenvalue weighted by Gasteiger charge is -2.33. The minimum absolute atomic E-state index is 0.0509. The fraction of sp³-hybridized carbons (Fsp3) is 0.400. The fourth-order valence-electron chi connectivity index (χ4n) is 2.54. The van der Waals surface area contributed by atoms with Crippen LogP contribution in [0.4, 0.5) is 11.8 Å². The van der Waals surface area contributed by atoms with Crippen LogP contribution in [-0.4, -0.2) is 52.7 Å². The quantitative estimate of drug-likeness (QED) is 0.852. The first-order chi connectivity index (χ1) is 10.5. The molecule has 3 rings (SSSR count). The van der Waals surface area contributed by atoms with Crippen LogP contribution in [0, 0.1) is 0 Å². The Bertz CT molecular complexity index is 733. The van der Waals surface area contributed by atoms with E-state index in [0.717, 1.165) is 43.3 Å². The first-order valence-corrected chi connectivity index (χ1v) is 7.28. The SMILES string of the molecule is CN1CCN(c2cc(-c3ccc(=O)n(C)c3)nc(N)n2)CC1. The summed E-state index contributed by atoms with van der Waals surface area (Å²) in [5, 5.41) is 0. The van der Waals surface area contributed by atoms with Gasteiger partial charge in [-0.25, -0.2) is 4.98 Å². The second kappa shape index (κ2) is 5.76. The zero-order chi connectivity index (χ0) is 15.7. The molecule has 0 unspecified atom stereocenters. The van der Waals surface area contributed by atoms with Crippen molar-refractivity contribution in [2.75, 3.05) is 43.9 Å². The molecule has 0 aromatic carbocycles. The molecule has 3 heterocycles. The van der Waals surface area contributed by atoms with Crippen molar-refractivity contribution in [1.29, 1.82) is 0 Å². The molecular weight excluding hydrogens is 280 g/mol. The summed E-state index contributed by atoms with van der Waals surface area (Å²) in [5.41, 5.74) is 7.41. The number of piperazine rings is 1. The van der Waals surface area contributed by atoms with Gasteiger partial charge in [-0.15, -0.1) is 0 Å². The van der Waals surface area contributed by atoms with E-state index in [4.69, 9.17) is 5.73 Å². The number of nitrogen functional groups attached to an aromatic ring is 1. The van der Waals surface area contributed by atoms with E-state index in [1.165, 1.54) is 10.6 Å². The summed E-state index contributed by atoms with van der Waals surface area (Å²) < 4.78 is 1.53. The highest BCUT2D eigenvalue weighted by Gasteiger charge is 2.17. The third-order valence-electron chi connectivity index (χ3n) is 3.94. The average Bonchev–Trinajstić information content (AvgIpc) is 2.50. The second-order valence-electron chi connectivity index (χ2n) is 5.63. The Balaban J connectivity index is 1.95. The molecule has 0 aliphatic carbocycles. The molecule has 7 heteroatoms. The van der Waals surface area contributed by atoms with Crippen molar-refractivity contribution in [2.24, 2.45) is 7.05 Å². The first-order valence-electron chi connectivity index (χ1n) is 7.28. The van der Waals surface area contributed by atoms with Crippen LogP contribution in [0.1, 0.15) is 0 Å². The molecular formula is C15H20N6O. The standard InChI is InChI=1S/C15H20N6O/c1-19-5-7-21(8-6-19)13-9-12(17-15(16)18-13)11-3-4-14(22)20(2)10-11/h3-4,9-10H,5-8H2,1-2H3,(H2,16,17,18). The van der Waals surface area contributed by atoms with Gasteiger partial charge in [-0.05, 0) is 13.1 Å². The molecule has 0 bridgehead atoms. The average molecular weight is 300 g/mol. The van der Waals surface area contributed by atoms with Gasteiger partial charge in [-0.2, -0.15) is 4.98 Å². The maximum Gasteiger partial charge on any atom is 0.250 e. The molecule has 0 radical (unpaired) electrons. The Morgan fingerprint density at radius 3 is 2.50 bits per heavy atom. The van der Waals surface area contributed by atoms with E-state index < -0.39 is 0 Å². The minimum atomic E-state index is -0.0509. The molecule has 1 aliphatic rings. The molecule has 7 nitrogen and oxygen atoms in total. The van der Waals surface area contributed by atoms with Crippen molar-refractivity contribution < 1.29 is 0 Å². The van der Waals surface area contributed by atoms with Crippen LogP contribution < -0.4 is 16.2 Å². The maximum atomic E-state index is 11.5. The molecule has 2 aromatic rings. The molecule has 1 fully saturated rings. The predicted molar refractivity (Wildman–Crippen MR) is 86.8 cm³/mol. The van der Waals surface area contributed by atoms with Gasteiger partial charge in [0.1, 0.15) is 5.82 Å². The normalized spacial score (nSPS) is 16.0. The van der Waals surface area contributed by atoms with E-state index in [9.17, 15) is 4.79 Å². The van der Waals surface area contributed by atoms with Crippen LogP contribution in [0.3, 0.4) is 0 Å². The number of nitrogens with zero attached hydrogens (tertiary/aromatic N) is 5. The highest BCUT2D eigenvalue weighted by molar-refractivity contribution is 5.63. The lowest BCUT2D eigenvalue weighted by Crippen LogP contribution is -2.44. The molecule has 22 heavy (non-hydrogen) atoms. The van der Waals surface area contributed by atoms with E-state index in [-0.39, 0.29) is 11.5 Å². The number of hydrogen-bond acceptors (Lipinski definition) is 6. The number of aromatic nitrogens is 3. The largest absolute Gasteiger partial charge is 0.368 e. The molecule has 0 amide bonds. The smallest absolute Gasteiger partial charge is 0.250 e. The first kappa shape index (κ1) is 14.5. The third-order valence-corrected chi connectivity index (χ3v) is 3.94. The van der Waals surface area contributed by atoms with Gasteiger partial charge in [0, 0.05) is 57.1 Å². The van der Waals surface area contributed by atoms with E-state index >= 15 is 0 Å². The highest BCUT2D eigenvalue weighted by Crippen LogP contribution is 2.22. The second-order valence-corrected chi connectivity index (χ2v) is 5.63. The van der Waals surface area contributed by atoms with Crippen LogP contribution >= 0.6 is 0 Å². The predicted octanol–water partition coefficient (Wildman–Crippen LogP) is 0.176. The van der Waals surface area contributed by atoms with Crippen LogP contribution in [0.5, 0.6) is 0 Å². The summed E-state index contributed by atoms with van der Waals surface area (Å²) in [5.74, 6) is 1.09. The molecule has 2 N–H and O–H groups in total. The monoisotopic (exact) mass is 300 g/mol. The van der Waals surface area contributed by atoms with E-state index in [0.29, 0.717) is 0 Å². The van der Waals surface area contributed by atoms with E-state index in [2.05, 4.69) is 26.8 Å². The lowest BCUT2D eigenvalue weighted by molar-refractivity contribution is 0.312. The van der Waals surface area contributed by atoms with Crippen molar-refractivity contribution in [3.63, 3.8) is 0 Å². The minimum Gasteiger partial charge on any atom is -0.368 e. The van der Waals surface area contributed by atoms with Gasteiger partial charge in [0.2, 0.25) is 11.5 Å². The number of hydrogen-bond donors (Lipinski definition) is 1. The summed E-state index contributed by atoms with van der Waals surface area (Å²) in [6.45, 7) is 3.83. The van der Waals surface area contributed by atoms with Crippen LogP contribution in [0.2, 0.25) is 0 Å². The van der Waals surface area contributed by atoms with Crippen molar-refractivity contribution in [1.82, 2.24) is 19.4 Å². The number of aryl methyl sites for hydroxylation is 1. The van der Waals surface area contributed by atoms with E-state index in [1.807, 2.05) is 6.07 Å². The molecule has 0 saturated carbocycles. The highest BCUT2D eigenvalue weighted by atomic mass is 16.1. The lowest BCUT2D eigenvalue weighted by atomic mass is 10.2. The van der Waals surface area contributed by atoms with Crippen molar-refractivity contribution >= 4 is 11.8 Å². The number of pyridine rings is 1. The summed E-state index contributed by atoms with van der Waals surface area (Å²) in [6.07, 6.45) is 1.76. The van der Waals surface area contributed by atoms with Gasteiger partial charge >= 0.3 is 0 Å². The topological polar surface area (TPSA) is 80.3 Å². The Kier molecular flexibility index (Phi) is 3.81. The van der Waals surface area contributed by atoms with Gasteiger partial charge < -0.3 is 20.1 Å². The molecule has 0 atom stereocenters. The van der Waals surface area contributed by atoms with Gasteiger partial charge in [0.15, 0.2) is 0 Å². The van der Waals surface area contributed by atoms with Gasteiger partial charge in [0.05, 0.1) is 5.69 Å². The molecule has 0 spiro atoms. The summed E-state index contributed by atoms with van der Waals surface area (Å²) in [6, 6.07) is 5.22. The molecule has 1 saturated heterocycles. The Morgan fingerprint density at radius 1 is 1.09 bits per heavy atom. The number of anilines is 2. The fourth-order valence-corrected chi connectivity index (χ4v) is 2.54. The van der Waals surface area contributed by atoms with Gasteiger partial charge in [0.25, 0.3) is 0 Å². The zero-order valence-corrected chi connectivity index (χ0v) is 12.9. The zero-order valence-electron chi connectivity index (χ0n) is 12.9. The third kappa shape index (κ3) is 2.94. The van der Waals surface area contributed by atoms with Crippen molar-refractivity contribution in [2.45, 2.75) is 0 Å². The van der Waals surface area contributed by atoms with Crippen molar-refractivity contribution in [3.8, 4) is 11.3 Å². The Morgan fingerprint density at radius 2 is 1.82 bits per heavy atom. The Labute approximate surface area is 129 Å².